The Morgan fingerprint density at radius 2 is 2.05 bits per heavy atom. The molecule has 9 nitrogen and oxygen atoms in total. The van der Waals surface area contributed by atoms with E-state index in [0.717, 1.165) is 32.2 Å². The number of hydrogen-bond acceptors (Lipinski definition) is 9. The first-order valence-corrected chi connectivity index (χ1v) is 15.4. The van der Waals surface area contributed by atoms with E-state index in [2.05, 4.69) is 25.1 Å². The molecule has 8 rings (SSSR count). The van der Waals surface area contributed by atoms with E-state index >= 15 is 4.39 Å². The fraction of sp³-hybridized carbons (Fsp3) is 0.567. The molecule has 3 aromatic rings. The van der Waals surface area contributed by atoms with Crippen LogP contribution in [0.25, 0.3) is 22.2 Å². The lowest BCUT2D eigenvalue weighted by atomic mass is 9.95. The van der Waals surface area contributed by atoms with Crippen molar-refractivity contribution >= 4 is 34.0 Å². The van der Waals surface area contributed by atoms with Gasteiger partial charge in [0.25, 0.3) is 0 Å². The van der Waals surface area contributed by atoms with E-state index in [-0.39, 0.29) is 75.8 Å². The Balaban J connectivity index is 1.31. The molecule has 6 atom stereocenters. The fourth-order valence-electron chi connectivity index (χ4n) is 8.15. The molecule has 0 aliphatic carbocycles. The highest BCUT2D eigenvalue weighted by molar-refractivity contribution is 6.34. The maximum Gasteiger partial charge on any atom is 0.319 e. The molecule has 0 unspecified atom stereocenters. The number of anilines is 2. The summed E-state index contributed by atoms with van der Waals surface area (Å²) >= 11 is 6.54. The lowest BCUT2D eigenvalue weighted by Gasteiger charge is -2.42. The van der Waals surface area contributed by atoms with Crippen molar-refractivity contribution in [3.05, 3.63) is 28.3 Å². The summed E-state index contributed by atoms with van der Waals surface area (Å²) in [6.07, 6.45) is 2.93. The first-order valence-electron chi connectivity index (χ1n) is 15.0. The average Bonchev–Trinajstić information content (AvgIpc) is 3.62. The van der Waals surface area contributed by atoms with Gasteiger partial charge in [0, 0.05) is 42.7 Å². The Labute approximate surface area is 251 Å². The fourth-order valence-corrected chi connectivity index (χ4v) is 8.38. The molecule has 0 radical (unpaired) electrons. The van der Waals surface area contributed by atoms with Crippen molar-refractivity contribution in [1.82, 2.24) is 25.2 Å². The summed E-state index contributed by atoms with van der Waals surface area (Å²) in [6, 6.07) is 1.61. The van der Waals surface area contributed by atoms with Crippen LogP contribution in [0, 0.1) is 18.6 Å². The number of alkyl halides is 1. The molecule has 0 amide bonds. The summed E-state index contributed by atoms with van der Waals surface area (Å²) < 4.78 is 58.4. The summed E-state index contributed by atoms with van der Waals surface area (Å²) in [5.74, 6) is -0.769. The molecule has 13 heteroatoms. The van der Waals surface area contributed by atoms with E-state index in [1.165, 1.54) is 13.0 Å². The number of nitrogens with zero attached hydrogens (tertiary/aromatic N) is 5. The van der Waals surface area contributed by atoms with E-state index in [1.807, 2.05) is 6.92 Å². The molecule has 4 fully saturated rings. The molecular weight excluding hydrogens is 583 g/mol. The van der Waals surface area contributed by atoms with Gasteiger partial charge in [-0.15, -0.1) is 0 Å². The van der Waals surface area contributed by atoms with Crippen LogP contribution in [0.5, 0.6) is 11.9 Å². The van der Waals surface area contributed by atoms with Crippen LogP contribution in [0.1, 0.15) is 44.6 Å². The van der Waals surface area contributed by atoms with Gasteiger partial charge in [-0.2, -0.15) is 9.97 Å². The zero-order valence-electron chi connectivity index (χ0n) is 24.0. The number of ether oxygens (including phenoxy) is 2. The van der Waals surface area contributed by atoms with E-state index < -0.39 is 23.3 Å². The van der Waals surface area contributed by atoms with Gasteiger partial charge in [0.15, 0.2) is 11.6 Å². The lowest BCUT2D eigenvalue weighted by Crippen LogP contribution is -2.62. The third-order valence-corrected chi connectivity index (χ3v) is 10.6. The Morgan fingerprint density at radius 3 is 2.88 bits per heavy atom. The Kier molecular flexibility index (Phi) is 6.20. The molecule has 3 N–H and O–H groups in total. The third kappa shape index (κ3) is 4.09. The van der Waals surface area contributed by atoms with Crippen molar-refractivity contribution in [2.24, 2.45) is 0 Å². The quantitative estimate of drug-likeness (QED) is 0.409. The molecule has 2 aromatic heterocycles. The standard InChI is InChI=1S/C30H33ClF3N7O2/c1-13-21(31)17(8-18(35)22(13)33)24-23(34)25-20-27(39-29(38-25)42-12-30-6-3-7-40(30)10-15(32)9-30)41-11-16-4-5-19(36-16)26(41)14(2)43-28(20)37-24/h8,14-16,19,26,36H,3-7,9-12,35H2,1-2H3/t14-,15+,16+,19-,26+,30-/m0/s1. The summed E-state index contributed by atoms with van der Waals surface area (Å²) in [5.41, 5.74) is 5.37. The SMILES string of the molecule is Cc1c(F)c(N)cc(-c2nc3c4c(nc(OC[C@@]56CCCN5C[C@H](F)C6)nc4c2F)N2C[C@H]4CC[C@H](N4)[C@H]2[C@H](C)O3)c1Cl. The molecule has 5 aliphatic heterocycles. The van der Waals surface area contributed by atoms with Crippen molar-refractivity contribution in [3.8, 4) is 23.1 Å². The number of rotatable bonds is 4. The molecule has 43 heavy (non-hydrogen) atoms. The van der Waals surface area contributed by atoms with Crippen LogP contribution in [0.4, 0.5) is 24.7 Å². The van der Waals surface area contributed by atoms with Gasteiger partial charge in [0.05, 0.1) is 22.3 Å². The lowest BCUT2D eigenvalue weighted by molar-refractivity contribution is 0.107. The minimum absolute atomic E-state index is 0.00145. The molecule has 7 heterocycles. The van der Waals surface area contributed by atoms with Crippen molar-refractivity contribution < 1.29 is 22.6 Å². The predicted molar refractivity (Wildman–Crippen MR) is 157 cm³/mol. The van der Waals surface area contributed by atoms with Crippen molar-refractivity contribution in [2.45, 2.75) is 81.9 Å². The Bertz CT molecular complexity index is 1660. The number of nitrogens with two attached hydrogens (primary N) is 1. The van der Waals surface area contributed by atoms with Gasteiger partial charge in [-0.25, -0.2) is 18.2 Å². The molecule has 0 spiro atoms. The molecule has 1 aromatic carbocycles. The van der Waals surface area contributed by atoms with Gasteiger partial charge < -0.3 is 25.4 Å². The third-order valence-electron chi connectivity index (χ3n) is 10.2. The monoisotopic (exact) mass is 615 g/mol. The van der Waals surface area contributed by atoms with Gasteiger partial charge in [-0.3, -0.25) is 4.90 Å². The number of piperazine rings is 1. The van der Waals surface area contributed by atoms with Crippen molar-refractivity contribution in [1.29, 1.82) is 0 Å². The Hall–Kier alpha value is -3.09. The topological polar surface area (TPSA) is 102 Å². The normalized spacial score (nSPS) is 31.2. The number of nitrogens with one attached hydrogen (secondary N) is 1. The zero-order valence-corrected chi connectivity index (χ0v) is 24.7. The minimum atomic E-state index is -0.910. The largest absolute Gasteiger partial charge is 0.472 e. The van der Waals surface area contributed by atoms with Crippen LogP contribution in [0.3, 0.4) is 0 Å². The van der Waals surface area contributed by atoms with E-state index in [9.17, 15) is 8.78 Å². The Morgan fingerprint density at radius 1 is 1.21 bits per heavy atom. The number of hydrogen-bond donors (Lipinski definition) is 2. The smallest absolute Gasteiger partial charge is 0.319 e. The van der Waals surface area contributed by atoms with Crippen LogP contribution in [0.2, 0.25) is 5.02 Å². The van der Waals surface area contributed by atoms with Gasteiger partial charge in [-0.1, -0.05) is 11.6 Å². The first kappa shape index (κ1) is 27.5. The van der Waals surface area contributed by atoms with E-state index in [0.29, 0.717) is 30.7 Å². The number of nitrogen functional groups attached to an aromatic ring is 1. The molecule has 4 saturated heterocycles. The average molecular weight is 616 g/mol. The molecule has 5 aliphatic rings. The number of benzene rings is 1. The maximum atomic E-state index is 16.7. The van der Waals surface area contributed by atoms with Gasteiger partial charge in [0.2, 0.25) is 5.88 Å². The van der Waals surface area contributed by atoms with Gasteiger partial charge >= 0.3 is 6.01 Å². The first-order chi connectivity index (χ1) is 20.6. The van der Waals surface area contributed by atoms with E-state index in [1.54, 1.807) is 0 Å². The number of fused-ring (bicyclic) bond motifs is 6. The number of aromatic nitrogens is 3. The highest BCUT2D eigenvalue weighted by atomic mass is 35.5. The van der Waals surface area contributed by atoms with Crippen LogP contribution < -0.4 is 25.4 Å². The summed E-state index contributed by atoms with van der Waals surface area (Å²) in [4.78, 5) is 18.4. The van der Waals surface area contributed by atoms with Crippen LogP contribution in [-0.2, 0) is 0 Å². The van der Waals surface area contributed by atoms with Crippen LogP contribution in [0.15, 0.2) is 6.07 Å². The summed E-state index contributed by atoms with van der Waals surface area (Å²) in [5, 5.41) is 4.03. The second-order valence-corrected chi connectivity index (χ2v) is 13.2. The summed E-state index contributed by atoms with van der Waals surface area (Å²) in [7, 11) is 0. The maximum absolute atomic E-state index is 16.7. The molecule has 2 bridgehead atoms. The van der Waals surface area contributed by atoms with Crippen molar-refractivity contribution in [2.75, 3.05) is 36.9 Å². The second-order valence-electron chi connectivity index (χ2n) is 12.8. The predicted octanol–water partition coefficient (Wildman–Crippen LogP) is 4.56. The van der Waals surface area contributed by atoms with Gasteiger partial charge in [-0.05, 0) is 52.1 Å². The van der Waals surface area contributed by atoms with Gasteiger partial charge in [0.1, 0.15) is 41.3 Å². The van der Waals surface area contributed by atoms with Crippen LogP contribution in [-0.4, -0.2) is 82.0 Å². The highest BCUT2D eigenvalue weighted by Gasteiger charge is 2.50. The van der Waals surface area contributed by atoms with Crippen LogP contribution >= 0.6 is 11.6 Å². The molecule has 0 saturated carbocycles. The minimum Gasteiger partial charge on any atom is -0.472 e. The molecule has 228 valence electrons. The second kappa shape index (κ2) is 9.70. The molecular formula is C30H33ClF3N7O2. The number of pyridine rings is 1. The summed E-state index contributed by atoms with van der Waals surface area (Å²) in [6.45, 7) is 5.52. The van der Waals surface area contributed by atoms with E-state index in [4.69, 9.17) is 31.8 Å². The highest BCUT2D eigenvalue weighted by Crippen LogP contribution is 2.46. The zero-order chi connectivity index (χ0) is 29.8. The van der Waals surface area contributed by atoms with Crippen molar-refractivity contribution in [3.63, 3.8) is 0 Å². The number of halogens is 4.